The van der Waals surface area contributed by atoms with E-state index in [0.717, 1.165) is 28.5 Å². The van der Waals surface area contributed by atoms with Gasteiger partial charge in [-0.25, -0.2) is 0 Å². The van der Waals surface area contributed by atoms with Crippen molar-refractivity contribution >= 4 is 34.9 Å². The first-order chi connectivity index (χ1) is 15.0. The number of carbonyl (C=O) groups is 3. The molecule has 0 aromatic heterocycles. The molecule has 31 heavy (non-hydrogen) atoms. The molecule has 1 saturated heterocycles. The lowest BCUT2D eigenvalue weighted by molar-refractivity contribution is -0.119. The SMILES string of the molecule is COc1ccc(C=CC(=O)NCCc2ccc(CC3SC(=O)NC3=O)cc2)cc1OC. The van der Waals surface area contributed by atoms with E-state index in [2.05, 4.69) is 10.6 Å². The fourth-order valence-electron chi connectivity index (χ4n) is 3.10. The minimum atomic E-state index is -0.366. The smallest absolute Gasteiger partial charge is 0.286 e. The summed E-state index contributed by atoms with van der Waals surface area (Å²) in [4.78, 5) is 35.0. The number of methoxy groups -OCH3 is 2. The van der Waals surface area contributed by atoms with Gasteiger partial charge in [-0.1, -0.05) is 42.1 Å². The van der Waals surface area contributed by atoms with Gasteiger partial charge in [0.1, 0.15) is 0 Å². The first-order valence-electron chi connectivity index (χ1n) is 9.75. The Morgan fingerprint density at radius 2 is 1.77 bits per heavy atom. The molecule has 0 bridgehead atoms. The highest BCUT2D eigenvalue weighted by molar-refractivity contribution is 8.15. The number of nitrogens with one attached hydrogen (secondary N) is 2. The van der Waals surface area contributed by atoms with Crippen LogP contribution in [0.5, 0.6) is 11.5 Å². The molecule has 1 aliphatic heterocycles. The molecule has 0 spiro atoms. The number of benzene rings is 2. The minimum Gasteiger partial charge on any atom is -0.493 e. The summed E-state index contributed by atoms with van der Waals surface area (Å²) in [6, 6.07) is 13.3. The molecule has 0 radical (unpaired) electrons. The van der Waals surface area contributed by atoms with E-state index in [1.165, 1.54) is 6.08 Å². The van der Waals surface area contributed by atoms with Crippen molar-refractivity contribution in [1.82, 2.24) is 10.6 Å². The number of amides is 3. The van der Waals surface area contributed by atoms with E-state index in [-0.39, 0.29) is 22.3 Å². The molecule has 1 unspecified atom stereocenters. The topological polar surface area (TPSA) is 93.7 Å². The first kappa shape index (κ1) is 22.4. The van der Waals surface area contributed by atoms with Crippen LogP contribution in [0.15, 0.2) is 48.5 Å². The van der Waals surface area contributed by atoms with Crippen molar-refractivity contribution in [2.45, 2.75) is 18.1 Å². The predicted octanol–water partition coefficient (Wildman–Crippen LogP) is 2.97. The van der Waals surface area contributed by atoms with Gasteiger partial charge in [0, 0.05) is 12.6 Å². The highest BCUT2D eigenvalue weighted by Gasteiger charge is 2.31. The molecular formula is C23H24N2O5S. The quantitative estimate of drug-likeness (QED) is 0.583. The normalized spacial score (nSPS) is 15.7. The molecule has 3 rings (SSSR count). The largest absolute Gasteiger partial charge is 0.493 e. The minimum absolute atomic E-state index is 0.180. The van der Waals surface area contributed by atoms with Crippen molar-refractivity contribution in [3.05, 3.63) is 65.2 Å². The molecule has 2 N–H and O–H groups in total. The molecule has 3 amide bonds. The zero-order valence-corrected chi connectivity index (χ0v) is 18.2. The van der Waals surface area contributed by atoms with Crippen LogP contribution in [0.1, 0.15) is 16.7 Å². The lowest BCUT2D eigenvalue weighted by Crippen LogP contribution is -2.25. The maximum absolute atomic E-state index is 12.1. The van der Waals surface area contributed by atoms with E-state index < -0.39 is 0 Å². The van der Waals surface area contributed by atoms with Crippen molar-refractivity contribution in [3.63, 3.8) is 0 Å². The molecule has 0 saturated carbocycles. The lowest BCUT2D eigenvalue weighted by atomic mass is 10.1. The van der Waals surface area contributed by atoms with E-state index in [4.69, 9.17) is 9.47 Å². The monoisotopic (exact) mass is 440 g/mol. The summed E-state index contributed by atoms with van der Waals surface area (Å²) in [6.45, 7) is 0.504. The molecule has 8 heteroatoms. The molecule has 1 fully saturated rings. The van der Waals surface area contributed by atoms with Crippen LogP contribution in [0.25, 0.3) is 6.08 Å². The molecule has 2 aromatic rings. The molecule has 162 valence electrons. The Morgan fingerprint density at radius 3 is 2.42 bits per heavy atom. The molecule has 0 aliphatic carbocycles. The average molecular weight is 441 g/mol. The van der Waals surface area contributed by atoms with Crippen molar-refractivity contribution < 1.29 is 23.9 Å². The first-order valence-corrected chi connectivity index (χ1v) is 10.6. The van der Waals surface area contributed by atoms with Crippen LogP contribution in [-0.2, 0) is 22.4 Å². The zero-order valence-electron chi connectivity index (χ0n) is 17.3. The van der Waals surface area contributed by atoms with Gasteiger partial charge in [0.15, 0.2) is 11.5 Å². The zero-order chi connectivity index (χ0) is 22.2. The van der Waals surface area contributed by atoms with Gasteiger partial charge >= 0.3 is 0 Å². The van der Waals surface area contributed by atoms with Crippen molar-refractivity contribution in [2.75, 3.05) is 20.8 Å². The maximum Gasteiger partial charge on any atom is 0.286 e. The van der Waals surface area contributed by atoms with Crippen LogP contribution in [0.2, 0.25) is 0 Å². The van der Waals surface area contributed by atoms with Crippen molar-refractivity contribution in [2.24, 2.45) is 0 Å². The number of imide groups is 1. The second kappa shape index (κ2) is 10.7. The van der Waals surface area contributed by atoms with Crippen LogP contribution in [-0.4, -0.2) is 43.1 Å². The summed E-state index contributed by atoms with van der Waals surface area (Å²) in [5, 5.41) is 4.50. The number of thioether (sulfide) groups is 1. The molecule has 1 aliphatic rings. The number of hydrogen-bond acceptors (Lipinski definition) is 6. The fraction of sp³-hybridized carbons (Fsp3) is 0.261. The summed E-state index contributed by atoms with van der Waals surface area (Å²) >= 11 is 1.03. The summed E-state index contributed by atoms with van der Waals surface area (Å²) in [6.07, 6.45) is 4.40. The van der Waals surface area contributed by atoms with Gasteiger partial charge in [0.05, 0.1) is 19.5 Å². The van der Waals surface area contributed by atoms with Gasteiger partial charge in [-0.3, -0.25) is 19.7 Å². The van der Waals surface area contributed by atoms with E-state index in [1.54, 1.807) is 32.4 Å². The second-order valence-corrected chi connectivity index (χ2v) is 8.07. The Kier molecular flexibility index (Phi) is 7.72. The van der Waals surface area contributed by atoms with Gasteiger partial charge in [0.2, 0.25) is 11.8 Å². The highest BCUT2D eigenvalue weighted by atomic mass is 32.2. The van der Waals surface area contributed by atoms with Gasteiger partial charge in [-0.05, 0) is 47.7 Å². The molecule has 7 nitrogen and oxygen atoms in total. The number of hydrogen-bond donors (Lipinski definition) is 2. The third-order valence-electron chi connectivity index (χ3n) is 4.76. The maximum atomic E-state index is 12.1. The number of carbonyl (C=O) groups excluding carboxylic acids is 3. The second-order valence-electron chi connectivity index (χ2n) is 6.89. The third kappa shape index (κ3) is 6.36. The van der Waals surface area contributed by atoms with Gasteiger partial charge in [-0.2, -0.15) is 0 Å². The van der Waals surface area contributed by atoms with Gasteiger partial charge in [0.25, 0.3) is 5.24 Å². The molecular weight excluding hydrogens is 416 g/mol. The number of ether oxygens (including phenoxy) is 2. The fourth-order valence-corrected chi connectivity index (χ4v) is 3.96. The Morgan fingerprint density at radius 1 is 1.06 bits per heavy atom. The Hall–Kier alpha value is -3.26. The van der Waals surface area contributed by atoms with E-state index in [0.29, 0.717) is 30.9 Å². The highest BCUT2D eigenvalue weighted by Crippen LogP contribution is 2.28. The predicted molar refractivity (Wildman–Crippen MR) is 120 cm³/mol. The van der Waals surface area contributed by atoms with Crippen LogP contribution < -0.4 is 20.1 Å². The molecule has 1 atom stereocenters. The summed E-state index contributed by atoms with van der Waals surface area (Å²) in [7, 11) is 3.14. The van der Waals surface area contributed by atoms with E-state index in [9.17, 15) is 14.4 Å². The molecule has 2 aromatic carbocycles. The third-order valence-corrected chi connectivity index (χ3v) is 5.74. The van der Waals surface area contributed by atoms with Crippen LogP contribution in [0, 0.1) is 0 Å². The van der Waals surface area contributed by atoms with Crippen molar-refractivity contribution in [3.8, 4) is 11.5 Å². The van der Waals surface area contributed by atoms with Crippen LogP contribution in [0.4, 0.5) is 4.79 Å². The molecule has 1 heterocycles. The lowest BCUT2D eigenvalue weighted by Gasteiger charge is -2.08. The average Bonchev–Trinajstić information content (AvgIpc) is 3.09. The van der Waals surface area contributed by atoms with Gasteiger partial charge < -0.3 is 14.8 Å². The standard InChI is InChI=1S/C23H24N2O5S/c1-29-18-9-7-16(13-19(18)30-2)8-10-21(26)24-12-11-15-3-5-17(6-4-15)14-20-22(27)25-23(28)31-20/h3-10,13,20H,11-12,14H2,1-2H3,(H,24,26)(H,25,27,28). The Labute approximate surface area is 185 Å². The van der Waals surface area contributed by atoms with Crippen LogP contribution >= 0.6 is 11.8 Å². The summed E-state index contributed by atoms with van der Waals surface area (Å²) in [5.74, 6) is 0.824. The Balaban J connectivity index is 1.44. The Bertz CT molecular complexity index is 988. The summed E-state index contributed by atoms with van der Waals surface area (Å²) in [5.41, 5.74) is 2.90. The van der Waals surface area contributed by atoms with E-state index in [1.807, 2.05) is 30.3 Å². The van der Waals surface area contributed by atoms with E-state index >= 15 is 0 Å². The van der Waals surface area contributed by atoms with Crippen molar-refractivity contribution in [1.29, 1.82) is 0 Å². The number of rotatable bonds is 9. The van der Waals surface area contributed by atoms with Crippen LogP contribution in [0.3, 0.4) is 0 Å². The van der Waals surface area contributed by atoms with Gasteiger partial charge in [-0.15, -0.1) is 0 Å². The summed E-state index contributed by atoms with van der Waals surface area (Å²) < 4.78 is 10.5.